The van der Waals surface area contributed by atoms with E-state index in [1.165, 1.54) is 11.1 Å². The minimum Gasteiger partial charge on any atom is -0.454 e. The molecule has 4 nitrogen and oxygen atoms in total. The summed E-state index contributed by atoms with van der Waals surface area (Å²) in [7, 11) is 0. The number of hydrogen-bond acceptors (Lipinski definition) is 3. The van der Waals surface area contributed by atoms with Gasteiger partial charge in [-0.1, -0.05) is 35.9 Å². The van der Waals surface area contributed by atoms with E-state index in [4.69, 9.17) is 21.7 Å². The van der Waals surface area contributed by atoms with Gasteiger partial charge in [0, 0.05) is 6.54 Å². The molecule has 23 heavy (non-hydrogen) atoms. The van der Waals surface area contributed by atoms with Crippen molar-refractivity contribution in [2.24, 2.45) is 0 Å². The van der Waals surface area contributed by atoms with Crippen LogP contribution in [-0.4, -0.2) is 11.9 Å². The highest BCUT2D eigenvalue weighted by Gasteiger charge is 2.16. The fourth-order valence-electron chi connectivity index (χ4n) is 2.40. The number of benzene rings is 2. The van der Waals surface area contributed by atoms with E-state index < -0.39 is 0 Å². The Bertz CT molecular complexity index is 701. The molecule has 120 valence electrons. The Labute approximate surface area is 141 Å². The fraction of sp³-hybridized carbons (Fsp3) is 0.278. The van der Waals surface area contributed by atoms with Crippen molar-refractivity contribution in [2.45, 2.75) is 26.4 Å². The van der Waals surface area contributed by atoms with Gasteiger partial charge in [-0.25, -0.2) is 0 Å². The average Bonchev–Trinajstić information content (AvgIpc) is 3.02. The van der Waals surface area contributed by atoms with Crippen LogP contribution in [0.3, 0.4) is 0 Å². The summed E-state index contributed by atoms with van der Waals surface area (Å²) < 4.78 is 10.7. The molecule has 2 aromatic carbocycles. The van der Waals surface area contributed by atoms with Crippen LogP contribution in [0.1, 0.15) is 29.7 Å². The van der Waals surface area contributed by atoms with Crippen LogP contribution in [0.15, 0.2) is 42.5 Å². The highest BCUT2D eigenvalue weighted by molar-refractivity contribution is 7.80. The normalized spacial score (nSPS) is 13.5. The Hall–Kier alpha value is -2.27. The van der Waals surface area contributed by atoms with Gasteiger partial charge >= 0.3 is 0 Å². The van der Waals surface area contributed by atoms with Crippen LogP contribution in [0.25, 0.3) is 0 Å². The topological polar surface area (TPSA) is 42.5 Å². The maximum Gasteiger partial charge on any atom is 0.231 e. The van der Waals surface area contributed by atoms with Crippen molar-refractivity contribution < 1.29 is 9.47 Å². The van der Waals surface area contributed by atoms with Crippen LogP contribution in [0.4, 0.5) is 0 Å². The molecule has 5 heteroatoms. The van der Waals surface area contributed by atoms with Crippen LogP contribution in [0, 0.1) is 6.92 Å². The van der Waals surface area contributed by atoms with Gasteiger partial charge in [0.1, 0.15) is 0 Å². The number of thiocarbonyl (C=S) groups is 1. The lowest BCUT2D eigenvalue weighted by atomic mass is 10.1. The average molecular weight is 328 g/mol. The molecular weight excluding hydrogens is 308 g/mol. The molecule has 0 saturated heterocycles. The minimum absolute atomic E-state index is 0.0857. The maximum atomic E-state index is 5.41. The zero-order valence-corrected chi connectivity index (χ0v) is 14.1. The Morgan fingerprint density at radius 2 is 1.87 bits per heavy atom. The third kappa shape index (κ3) is 3.93. The molecule has 0 aromatic heterocycles. The molecule has 1 aliphatic rings. The van der Waals surface area contributed by atoms with Gasteiger partial charge < -0.3 is 20.1 Å². The van der Waals surface area contributed by atoms with Gasteiger partial charge in [0.05, 0.1) is 6.04 Å². The first kappa shape index (κ1) is 15.6. The highest BCUT2D eigenvalue weighted by Crippen LogP contribution is 2.34. The van der Waals surface area contributed by atoms with Crippen molar-refractivity contribution in [3.63, 3.8) is 0 Å². The molecule has 2 N–H and O–H groups in total. The summed E-state index contributed by atoms with van der Waals surface area (Å²) in [4.78, 5) is 0. The van der Waals surface area contributed by atoms with Gasteiger partial charge in [0.2, 0.25) is 6.79 Å². The van der Waals surface area contributed by atoms with Crippen LogP contribution >= 0.6 is 12.2 Å². The lowest BCUT2D eigenvalue weighted by Gasteiger charge is -2.18. The molecule has 0 radical (unpaired) electrons. The molecule has 0 bridgehead atoms. The quantitative estimate of drug-likeness (QED) is 0.842. The number of aryl methyl sites for hydroxylation is 1. The Morgan fingerprint density at radius 1 is 1.13 bits per heavy atom. The first-order chi connectivity index (χ1) is 11.1. The van der Waals surface area contributed by atoms with Crippen molar-refractivity contribution in [2.75, 3.05) is 6.79 Å². The molecule has 3 rings (SSSR count). The van der Waals surface area contributed by atoms with Crippen molar-refractivity contribution in [1.82, 2.24) is 10.6 Å². The summed E-state index contributed by atoms with van der Waals surface area (Å²) in [5.41, 5.74) is 3.56. The van der Waals surface area contributed by atoms with Crippen molar-refractivity contribution in [1.29, 1.82) is 0 Å². The molecule has 0 amide bonds. The summed E-state index contributed by atoms with van der Waals surface area (Å²) in [5, 5.41) is 7.16. The van der Waals surface area contributed by atoms with E-state index in [9.17, 15) is 0 Å². The lowest BCUT2D eigenvalue weighted by Crippen LogP contribution is -2.36. The fourth-order valence-corrected chi connectivity index (χ4v) is 2.65. The maximum absolute atomic E-state index is 5.41. The van der Waals surface area contributed by atoms with Gasteiger partial charge in [-0.15, -0.1) is 0 Å². The van der Waals surface area contributed by atoms with E-state index in [0.717, 1.165) is 17.1 Å². The third-order valence-corrected chi connectivity index (χ3v) is 4.08. The zero-order valence-electron chi connectivity index (χ0n) is 13.3. The molecule has 0 fully saturated rings. The van der Waals surface area contributed by atoms with E-state index in [1.54, 1.807) is 0 Å². The number of rotatable bonds is 4. The van der Waals surface area contributed by atoms with E-state index in [0.29, 0.717) is 11.7 Å². The van der Waals surface area contributed by atoms with E-state index >= 15 is 0 Å². The third-order valence-electron chi connectivity index (χ3n) is 3.82. The number of fused-ring (bicyclic) bond motifs is 1. The molecule has 1 heterocycles. The van der Waals surface area contributed by atoms with Crippen LogP contribution < -0.4 is 20.1 Å². The monoisotopic (exact) mass is 328 g/mol. The van der Waals surface area contributed by atoms with Crippen molar-refractivity contribution in [3.8, 4) is 11.5 Å². The number of ether oxygens (including phenoxy) is 2. The molecule has 1 atom stereocenters. The molecular formula is C18H20N2O2S. The molecule has 0 aliphatic carbocycles. The summed E-state index contributed by atoms with van der Waals surface area (Å²) in [6.07, 6.45) is 0. The second kappa shape index (κ2) is 6.87. The predicted octanol–water partition coefficient (Wildman–Crippen LogP) is 3.45. The van der Waals surface area contributed by atoms with E-state index in [-0.39, 0.29) is 12.8 Å². The molecule has 0 saturated carbocycles. The SMILES string of the molecule is Cc1ccc(CNC(=S)NC(C)c2ccc3c(c2)OCO3)cc1. The minimum atomic E-state index is 0.0857. The molecule has 1 aliphatic heterocycles. The molecule has 1 unspecified atom stereocenters. The van der Waals surface area contributed by atoms with Crippen LogP contribution in [0.2, 0.25) is 0 Å². The van der Waals surface area contributed by atoms with Crippen molar-refractivity contribution in [3.05, 3.63) is 59.2 Å². The van der Waals surface area contributed by atoms with Gasteiger partial charge in [0.25, 0.3) is 0 Å². The summed E-state index contributed by atoms with van der Waals surface area (Å²) >= 11 is 5.38. The largest absolute Gasteiger partial charge is 0.454 e. The predicted molar refractivity (Wildman–Crippen MR) is 94.7 cm³/mol. The summed E-state index contributed by atoms with van der Waals surface area (Å²) in [5.74, 6) is 1.58. The van der Waals surface area contributed by atoms with E-state index in [1.807, 2.05) is 18.2 Å². The van der Waals surface area contributed by atoms with Gasteiger partial charge in [-0.05, 0) is 49.3 Å². The standard InChI is InChI=1S/C18H20N2O2S/c1-12-3-5-14(6-4-12)10-19-18(23)20-13(2)15-7-8-16-17(9-15)22-11-21-16/h3-9,13H,10-11H2,1-2H3,(H2,19,20,23). The summed E-state index contributed by atoms with van der Waals surface area (Å²) in [6.45, 7) is 5.14. The van der Waals surface area contributed by atoms with Crippen LogP contribution in [-0.2, 0) is 6.54 Å². The Balaban J connectivity index is 1.54. The van der Waals surface area contributed by atoms with Crippen molar-refractivity contribution >= 4 is 17.3 Å². The second-order valence-corrected chi connectivity index (χ2v) is 6.06. The number of nitrogens with one attached hydrogen (secondary N) is 2. The second-order valence-electron chi connectivity index (χ2n) is 5.65. The number of hydrogen-bond donors (Lipinski definition) is 2. The molecule has 0 spiro atoms. The first-order valence-electron chi connectivity index (χ1n) is 7.61. The Kier molecular flexibility index (Phi) is 4.67. The zero-order chi connectivity index (χ0) is 16.2. The van der Waals surface area contributed by atoms with Gasteiger partial charge in [-0.2, -0.15) is 0 Å². The van der Waals surface area contributed by atoms with Gasteiger partial charge in [0.15, 0.2) is 16.6 Å². The smallest absolute Gasteiger partial charge is 0.231 e. The van der Waals surface area contributed by atoms with E-state index in [2.05, 4.69) is 48.7 Å². The Morgan fingerprint density at radius 3 is 2.65 bits per heavy atom. The molecule has 2 aromatic rings. The highest BCUT2D eigenvalue weighted by atomic mass is 32.1. The lowest BCUT2D eigenvalue weighted by molar-refractivity contribution is 0.174. The summed E-state index contributed by atoms with van der Waals surface area (Å²) in [6, 6.07) is 14.4. The first-order valence-corrected chi connectivity index (χ1v) is 8.02. The van der Waals surface area contributed by atoms with Crippen LogP contribution in [0.5, 0.6) is 11.5 Å². The van der Waals surface area contributed by atoms with Gasteiger partial charge in [-0.3, -0.25) is 0 Å².